The Morgan fingerprint density at radius 1 is 0.370 bits per heavy atom. The smallest absolute Gasteiger partial charge is 0.170 e. The van der Waals surface area contributed by atoms with Crippen molar-refractivity contribution in [3.63, 3.8) is 0 Å². The molecule has 2 heterocycles. The first-order valence-electron chi connectivity index (χ1n) is 16.5. The maximum atomic E-state index is 6.66. The first-order chi connectivity index (χ1) is 22.0. The van der Waals surface area contributed by atoms with Gasteiger partial charge in [0.15, 0.2) is 46.0 Å². The van der Waals surface area contributed by atoms with E-state index in [0.29, 0.717) is 0 Å². The van der Waals surface area contributed by atoms with Crippen molar-refractivity contribution in [3.05, 3.63) is 128 Å². The summed E-state index contributed by atoms with van der Waals surface area (Å²) in [4.78, 5) is 0. The van der Waals surface area contributed by atoms with Gasteiger partial charge in [0.05, 0.1) is 0 Å². The highest BCUT2D eigenvalue weighted by Crippen LogP contribution is 2.69. The van der Waals surface area contributed by atoms with E-state index in [1.807, 2.05) is 0 Å². The van der Waals surface area contributed by atoms with E-state index in [9.17, 15) is 0 Å². The van der Waals surface area contributed by atoms with Gasteiger partial charge in [-0.1, -0.05) is 52.0 Å². The number of aryl methyl sites for hydroxylation is 4. The van der Waals surface area contributed by atoms with Crippen LogP contribution in [0.15, 0.2) is 72.8 Å². The molecule has 0 unspecified atom stereocenters. The molecular formula is C42H38O4. The van der Waals surface area contributed by atoms with Crippen LogP contribution in [0.4, 0.5) is 0 Å². The SMILES string of the molecule is Cc1cc2c(cc1C)Oc1cc3c(cc1O2)C1(C(C)C)c2ccccc2C3(C(C)C)c2cc3c(cc21)Oc1cc(C)c(C)cc1O3. The Morgan fingerprint density at radius 2 is 0.609 bits per heavy atom. The zero-order chi connectivity index (χ0) is 31.9. The number of rotatable bonds is 2. The van der Waals surface area contributed by atoms with Gasteiger partial charge in [0.1, 0.15) is 0 Å². The highest BCUT2D eigenvalue weighted by molar-refractivity contribution is 5.80. The van der Waals surface area contributed by atoms with Gasteiger partial charge in [0.25, 0.3) is 0 Å². The van der Waals surface area contributed by atoms with Crippen molar-refractivity contribution in [1.82, 2.24) is 0 Å². The van der Waals surface area contributed by atoms with Gasteiger partial charge in [-0.2, -0.15) is 0 Å². The van der Waals surface area contributed by atoms with Crippen molar-refractivity contribution in [3.8, 4) is 46.0 Å². The molecule has 46 heavy (non-hydrogen) atoms. The average Bonchev–Trinajstić information content (AvgIpc) is 3.02. The van der Waals surface area contributed by atoms with E-state index < -0.39 is 10.8 Å². The maximum absolute atomic E-state index is 6.66. The van der Waals surface area contributed by atoms with E-state index >= 15 is 0 Å². The van der Waals surface area contributed by atoms with Crippen molar-refractivity contribution in [1.29, 1.82) is 0 Å². The fourth-order valence-electron chi connectivity index (χ4n) is 8.97. The highest BCUT2D eigenvalue weighted by atomic mass is 16.6. The number of hydrogen-bond acceptors (Lipinski definition) is 4. The largest absolute Gasteiger partial charge is 0.449 e. The van der Waals surface area contributed by atoms with E-state index in [-0.39, 0.29) is 11.8 Å². The molecule has 0 radical (unpaired) electrons. The molecule has 0 spiro atoms. The van der Waals surface area contributed by atoms with Gasteiger partial charge >= 0.3 is 0 Å². The van der Waals surface area contributed by atoms with Crippen LogP contribution in [-0.2, 0) is 10.8 Å². The lowest BCUT2D eigenvalue weighted by molar-refractivity contribution is 0.309. The lowest BCUT2D eigenvalue weighted by Crippen LogP contribution is -2.55. The second-order valence-corrected chi connectivity index (χ2v) is 14.3. The van der Waals surface area contributed by atoms with Crippen LogP contribution in [0.1, 0.15) is 83.3 Å². The summed E-state index contributed by atoms with van der Waals surface area (Å²) in [6.07, 6.45) is 0. The first-order valence-corrected chi connectivity index (χ1v) is 16.5. The van der Waals surface area contributed by atoms with Crippen molar-refractivity contribution < 1.29 is 18.9 Å². The fraction of sp³-hybridized carbons (Fsp3) is 0.286. The Balaban J connectivity index is 1.35. The molecule has 5 aromatic rings. The molecule has 0 N–H and O–H groups in total. The summed E-state index contributed by atoms with van der Waals surface area (Å²) in [6.45, 7) is 17.8. The molecule has 4 heteroatoms. The molecule has 0 aromatic heterocycles. The third-order valence-corrected chi connectivity index (χ3v) is 11.4. The highest BCUT2D eigenvalue weighted by Gasteiger charge is 2.61. The fourth-order valence-corrected chi connectivity index (χ4v) is 8.97. The van der Waals surface area contributed by atoms with Crippen LogP contribution >= 0.6 is 0 Å². The molecule has 5 aliphatic rings. The van der Waals surface area contributed by atoms with Crippen LogP contribution in [0.25, 0.3) is 0 Å². The second-order valence-electron chi connectivity index (χ2n) is 14.3. The van der Waals surface area contributed by atoms with Crippen molar-refractivity contribution in [2.75, 3.05) is 0 Å². The van der Waals surface area contributed by atoms with Gasteiger partial charge in [-0.25, -0.2) is 0 Å². The number of ether oxygens (including phenoxy) is 4. The minimum Gasteiger partial charge on any atom is -0.449 e. The normalized spacial score (nSPS) is 20.6. The van der Waals surface area contributed by atoms with Crippen LogP contribution in [0.5, 0.6) is 46.0 Å². The van der Waals surface area contributed by atoms with Gasteiger partial charge in [-0.3, -0.25) is 0 Å². The Morgan fingerprint density at radius 3 is 0.848 bits per heavy atom. The monoisotopic (exact) mass is 606 g/mol. The topological polar surface area (TPSA) is 36.9 Å². The summed E-state index contributed by atoms with van der Waals surface area (Å²) in [6, 6.07) is 26.5. The maximum Gasteiger partial charge on any atom is 0.170 e. The molecule has 10 rings (SSSR count). The Kier molecular flexibility index (Phi) is 5.38. The molecule has 2 aliphatic heterocycles. The van der Waals surface area contributed by atoms with Crippen LogP contribution in [0.3, 0.4) is 0 Å². The zero-order valence-electron chi connectivity index (χ0n) is 27.7. The van der Waals surface area contributed by atoms with Crippen LogP contribution < -0.4 is 18.9 Å². The summed E-state index contributed by atoms with van der Waals surface area (Å²) in [5.74, 6) is 6.53. The molecule has 3 aliphatic carbocycles. The zero-order valence-corrected chi connectivity index (χ0v) is 27.7. The van der Waals surface area contributed by atoms with Crippen molar-refractivity contribution in [2.45, 2.75) is 66.2 Å². The van der Waals surface area contributed by atoms with E-state index in [1.54, 1.807) is 0 Å². The summed E-state index contributed by atoms with van der Waals surface area (Å²) in [7, 11) is 0. The molecule has 230 valence electrons. The summed E-state index contributed by atoms with van der Waals surface area (Å²) >= 11 is 0. The molecule has 0 saturated heterocycles. The van der Waals surface area contributed by atoms with Gasteiger partial charge < -0.3 is 18.9 Å². The van der Waals surface area contributed by atoms with Gasteiger partial charge in [-0.15, -0.1) is 0 Å². The summed E-state index contributed by atoms with van der Waals surface area (Å²) in [5, 5.41) is 0. The van der Waals surface area contributed by atoms with Crippen LogP contribution in [-0.4, -0.2) is 0 Å². The van der Waals surface area contributed by atoms with Gasteiger partial charge in [0, 0.05) is 10.8 Å². The number of hydrogen-bond donors (Lipinski definition) is 0. The standard InChI is InChI=1S/C42H38O4/c1-21(2)41-27-11-9-10-12-28(27)42(22(3)4,31-19-39-37(17-29(31)41)43-33-13-23(5)25(7)15-35(33)45-39)32-20-40-38(18-30(32)41)44-34-14-24(6)26(8)16-36(34)46-40/h9-22H,1-8H3. The number of fused-ring (bicyclic) bond motifs is 4. The third-order valence-electron chi connectivity index (χ3n) is 11.4. The van der Waals surface area contributed by atoms with Crippen LogP contribution in [0.2, 0.25) is 0 Å². The quantitative estimate of drug-likeness (QED) is 0.196. The molecule has 2 bridgehead atoms. The summed E-state index contributed by atoms with van der Waals surface area (Å²) < 4.78 is 26.6. The second kappa shape index (κ2) is 8.97. The minimum absolute atomic E-state index is 0.219. The Hall–Kier alpha value is -4.70. The molecule has 4 nitrogen and oxygen atoms in total. The minimum atomic E-state index is -0.443. The van der Waals surface area contributed by atoms with Crippen molar-refractivity contribution >= 4 is 0 Å². The predicted octanol–water partition coefficient (Wildman–Crippen LogP) is 11.3. The molecule has 5 aromatic carbocycles. The number of benzene rings is 5. The molecule has 0 fully saturated rings. The van der Waals surface area contributed by atoms with E-state index in [1.165, 1.54) is 55.6 Å². The van der Waals surface area contributed by atoms with Crippen molar-refractivity contribution in [2.24, 2.45) is 11.8 Å². The van der Waals surface area contributed by atoms with E-state index in [0.717, 1.165) is 46.0 Å². The van der Waals surface area contributed by atoms with E-state index in [4.69, 9.17) is 18.9 Å². The third kappa shape index (κ3) is 3.20. The van der Waals surface area contributed by atoms with Gasteiger partial charge in [-0.05, 0) is 144 Å². The Labute approximate surface area is 270 Å². The molecule has 0 saturated carbocycles. The lowest BCUT2D eigenvalue weighted by Gasteiger charge is -2.60. The lowest BCUT2D eigenvalue weighted by atomic mass is 9.42. The molecular weight excluding hydrogens is 568 g/mol. The molecule has 0 atom stereocenters. The van der Waals surface area contributed by atoms with Crippen LogP contribution in [0, 0.1) is 39.5 Å². The predicted molar refractivity (Wildman–Crippen MR) is 181 cm³/mol. The first kappa shape index (κ1) is 27.6. The molecule has 0 amide bonds. The van der Waals surface area contributed by atoms with Gasteiger partial charge in [0.2, 0.25) is 0 Å². The van der Waals surface area contributed by atoms with E-state index in [2.05, 4.69) is 128 Å². The average molecular weight is 607 g/mol. The Bertz CT molecular complexity index is 1900. The summed E-state index contributed by atoms with van der Waals surface area (Å²) in [5.41, 5.74) is 11.7.